The molecule has 0 radical (unpaired) electrons. The molecule has 1 aromatic rings. The quantitative estimate of drug-likeness (QED) is 0.676. The molecule has 68 valence electrons. The highest BCUT2D eigenvalue weighted by molar-refractivity contribution is 5.87. The number of aromatic nitrogens is 1. The molecule has 1 aromatic heterocycles. The van der Waals surface area contributed by atoms with Gasteiger partial charge >= 0.3 is 0 Å². The van der Waals surface area contributed by atoms with Gasteiger partial charge in [-0.15, -0.1) is 0 Å². The van der Waals surface area contributed by atoms with Crippen LogP contribution in [0.4, 0.5) is 11.4 Å². The normalized spacial score (nSPS) is 16.6. The lowest BCUT2D eigenvalue weighted by Gasteiger charge is -2.15. The zero-order valence-corrected chi connectivity index (χ0v) is 7.23. The van der Waals surface area contributed by atoms with Crippen molar-refractivity contribution in [2.45, 2.75) is 6.42 Å². The van der Waals surface area contributed by atoms with Crippen LogP contribution in [-0.4, -0.2) is 23.9 Å². The van der Waals surface area contributed by atoms with Gasteiger partial charge in [-0.3, -0.25) is 9.78 Å². The van der Waals surface area contributed by atoms with Gasteiger partial charge in [0.2, 0.25) is 0 Å². The molecule has 0 aromatic carbocycles. The Kier molecular flexibility index (Phi) is 1.88. The molecule has 0 spiro atoms. The number of hydrogen-bond acceptors (Lipinski definition) is 4. The minimum absolute atomic E-state index is 0.280. The van der Waals surface area contributed by atoms with Gasteiger partial charge in [-0.1, -0.05) is 0 Å². The first-order chi connectivity index (χ1) is 6.25. The molecule has 0 unspecified atom stereocenters. The zero-order valence-electron chi connectivity index (χ0n) is 7.23. The predicted octanol–water partition coefficient (Wildman–Crippen LogP) is 0.443. The molecule has 1 fully saturated rings. The molecule has 1 aliphatic rings. The molecule has 4 nitrogen and oxygen atoms in total. The largest absolute Gasteiger partial charge is 0.397 e. The third-order valence-corrected chi connectivity index (χ3v) is 2.14. The van der Waals surface area contributed by atoms with Crippen LogP contribution in [-0.2, 0) is 4.79 Å². The fourth-order valence-electron chi connectivity index (χ4n) is 1.47. The van der Waals surface area contributed by atoms with Crippen LogP contribution in [0.5, 0.6) is 0 Å². The first-order valence-electron chi connectivity index (χ1n) is 4.23. The Balaban J connectivity index is 2.21. The third-order valence-electron chi connectivity index (χ3n) is 2.14. The highest BCUT2D eigenvalue weighted by Gasteiger charge is 2.19. The van der Waals surface area contributed by atoms with Gasteiger partial charge in [0.05, 0.1) is 24.1 Å². The average Bonchev–Trinajstić information content (AvgIpc) is 2.52. The highest BCUT2D eigenvalue weighted by Crippen LogP contribution is 2.19. The average molecular weight is 177 g/mol. The van der Waals surface area contributed by atoms with Crippen molar-refractivity contribution in [2.75, 3.05) is 23.7 Å². The summed E-state index contributed by atoms with van der Waals surface area (Å²) in [5.74, 6) is 0.280. The van der Waals surface area contributed by atoms with Crippen LogP contribution in [0.25, 0.3) is 0 Å². The number of nitrogens with two attached hydrogens (primary N) is 1. The molecular weight excluding hydrogens is 166 g/mol. The van der Waals surface area contributed by atoms with E-state index in [9.17, 15) is 4.79 Å². The second-order valence-corrected chi connectivity index (χ2v) is 3.19. The van der Waals surface area contributed by atoms with Gasteiger partial charge < -0.3 is 10.6 Å². The summed E-state index contributed by atoms with van der Waals surface area (Å²) < 4.78 is 0. The van der Waals surface area contributed by atoms with Crippen LogP contribution >= 0.6 is 0 Å². The van der Waals surface area contributed by atoms with Crippen molar-refractivity contribution in [3.8, 4) is 0 Å². The Labute approximate surface area is 76.4 Å². The van der Waals surface area contributed by atoms with Crippen molar-refractivity contribution in [1.29, 1.82) is 0 Å². The van der Waals surface area contributed by atoms with Crippen LogP contribution in [0.2, 0.25) is 0 Å². The smallest absolute Gasteiger partial charge is 0.153 e. The zero-order chi connectivity index (χ0) is 9.26. The Morgan fingerprint density at radius 3 is 2.92 bits per heavy atom. The van der Waals surface area contributed by atoms with Crippen LogP contribution in [0.1, 0.15) is 6.42 Å². The molecule has 13 heavy (non-hydrogen) atoms. The third kappa shape index (κ3) is 1.61. The number of rotatable bonds is 1. The van der Waals surface area contributed by atoms with Crippen molar-refractivity contribution >= 4 is 17.2 Å². The number of ketones is 1. The molecule has 0 bridgehead atoms. The van der Waals surface area contributed by atoms with E-state index in [-0.39, 0.29) is 5.78 Å². The topological polar surface area (TPSA) is 59.2 Å². The number of Topliss-reactive ketones (excluding diaryl/α,β-unsaturated/α-hetero) is 1. The van der Waals surface area contributed by atoms with Gasteiger partial charge in [0.1, 0.15) is 0 Å². The van der Waals surface area contributed by atoms with Gasteiger partial charge in [-0.25, -0.2) is 0 Å². The number of anilines is 2. The number of carbonyl (C=O) groups is 1. The lowest BCUT2D eigenvalue weighted by molar-refractivity contribution is -0.116. The van der Waals surface area contributed by atoms with E-state index in [1.807, 2.05) is 11.0 Å². The van der Waals surface area contributed by atoms with Crippen molar-refractivity contribution in [3.63, 3.8) is 0 Å². The number of nitrogens with zero attached hydrogens (tertiary/aromatic N) is 2. The fraction of sp³-hybridized carbons (Fsp3) is 0.333. The number of nitrogen functional groups attached to an aromatic ring is 1. The minimum Gasteiger partial charge on any atom is -0.397 e. The van der Waals surface area contributed by atoms with E-state index in [0.717, 1.165) is 12.2 Å². The van der Waals surface area contributed by atoms with Crippen LogP contribution in [0, 0.1) is 0 Å². The van der Waals surface area contributed by atoms with Crippen LogP contribution in [0.15, 0.2) is 18.5 Å². The number of pyridine rings is 1. The van der Waals surface area contributed by atoms with E-state index in [2.05, 4.69) is 4.98 Å². The first-order valence-corrected chi connectivity index (χ1v) is 4.23. The van der Waals surface area contributed by atoms with Crippen molar-refractivity contribution in [3.05, 3.63) is 18.5 Å². The van der Waals surface area contributed by atoms with Gasteiger partial charge in [0.15, 0.2) is 5.78 Å². The van der Waals surface area contributed by atoms with E-state index < -0.39 is 0 Å². The standard InChI is InChI=1S/C9H11N3O/c10-7-3-8(5-11-4-7)12-2-1-9(13)6-12/h3-5H,1-2,6,10H2. The monoisotopic (exact) mass is 177 g/mol. The predicted molar refractivity (Wildman–Crippen MR) is 50.5 cm³/mol. The summed E-state index contributed by atoms with van der Waals surface area (Å²) in [6.07, 6.45) is 3.96. The molecule has 0 amide bonds. The minimum atomic E-state index is 0.280. The van der Waals surface area contributed by atoms with Gasteiger partial charge in [-0.2, -0.15) is 0 Å². The lowest BCUT2D eigenvalue weighted by atomic mass is 10.3. The van der Waals surface area contributed by atoms with Crippen molar-refractivity contribution in [1.82, 2.24) is 4.98 Å². The first kappa shape index (κ1) is 8.04. The van der Waals surface area contributed by atoms with Gasteiger partial charge in [-0.05, 0) is 6.07 Å². The second-order valence-electron chi connectivity index (χ2n) is 3.19. The van der Waals surface area contributed by atoms with E-state index in [4.69, 9.17) is 5.73 Å². The summed E-state index contributed by atoms with van der Waals surface area (Å²) in [5.41, 5.74) is 7.16. The molecule has 2 N–H and O–H groups in total. The molecular formula is C9H11N3O. The molecule has 0 aliphatic carbocycles. The SMILES string of the molecule is Nc1cncc(N2CCC(=O)C2)c1. The molecule has 1 saturated heterocycles. The summed E-state index contributed by atoms with van der Waals surface area (Å²) in [6, 6.07) is 1.84. The van der Waals surface area contributed by atoms with Gasteiger partial charge in [0, 0.05) is 19.2 Å². The molecule has 1 aliphatic heterocycles. The van der Waals surface area contributed by atoms with E-state index in [1.165, 1.54) is 0 Å². The van der Waals surface area contributed by atoms with Crippen LogP contribution < -0.4 is 10.6 Å². The maximum absolute atomic E-state index is 11.0. The maximum Gasteiger partial charge on any atom is 0.153 e. The Bertz CT molecular complexity index is 337. The lowest BCUT2D eigenvalue weighted by Crippen LogP contribution is -2.19. The van der Waals surface area contributed by atoms with E-state index in [0.29, 0.717) is 18.7 Å². The molecule has 2 heterocycles. The summed E-state index contributed by atoms with van der Waals surface area (Å²) in [4.78, 5) is 17.0. The molecule has 4 heteroatoms. The summed E-state index contributed by atoms with van der Waals surface area (Å²) >= 11 is 0. The second kappa shape index (κ2) is 3.05. The summed E-state index contributed by atoms with van der Waals surface area (Å²) in [7, 11) is 0. The van der Waals surface area contributed by atoms with Crippen LogP contribution in [0.3, 0.4) is 0 Å². The molecule has 0 atom stereocenters. The molecule has 2 rings (SSSR count). The summed E-state index contributed by atoms with van der Waals surface area (Å²) in [5, 5.41) is 0. The summed E-state index contributed by atoms with van der Waals surface area (Å²) in [6.45, 7) is 1.27. The Hall–Kier alpha value is -1.58. The van der Waals surface area contributed by atoms with Gasteiger partial charge in [0.25, 0.3) is 0 Å². The molecule has 0 saturated carbocycles. The Morgan fingerprint density at radius 1 is 1.46 bits per heavy atom. The Morgan fingerprint density at radius 2 is 2.31 bits per heavy atom. The fourth-order valence-corrected chi connectivity index (χ4v) is 1.47. The number of carbonyl (C=O) groups excluding carboxylic acids is 1. The van der Waals surface area contributed by atoms with E-state index >= 15 is 0 Å². The van der Waals surface area contributed by atoms with E-state index in [1.54, 1.807) is 12.4 Å². The number of hydrogen-bond donors (Lipinski definition) is 1. The van der Waals surface area contributed by atoms with Crippen molar-refractivity contribution < 1.29 is 4.79 Å². The maximum atomic E-state index is 11.0. The van der Waals surface area contributed by atoms with Crippen molar-refractivity contribution in [2.24, 2.45) is 0 Å². The highest BCUT2D eigenvalue weighted by atomic mass is 16.1.